The van der Waals surface area contributed by atoms with Gasteiger partial charge in [-0.2, -0.15) is 0 Å². The highest BCUT2D eigenvalue weighted by molar-refractivity contribution is 5.87. The number of carbonyl (C=O) groups is 4. The third-order valence-corrected chi connectivity index (χ3v) is 16.9. The Morgan fingerprint density at radius 2 is 1.18 bits per heavy atom. The molecule has 0 saturated carbocycles. The zero-order chi connectivity index (χ0) is 64.5. The molecule has 6 aromatic rings. The summed E-state index contributed by atoms with van der Waals surface area (Å²) in [5, 5.41) is 31.5. The molecule has 9 rings (SSSR count). The number of carbonyl (C=O) groups excluding carboxylic acids is 4. The molecule has 3 aliphatic heterocycles. The number of aliphatic hydroxyl groups excluding tert-OH is 2. The van der Waals surface area contributed by atoms with Crippen molar-refractivity contribution in [1.29, 1.82) is 0 Å². The van der Waals surface area contributed by atoms with E-state index in [0.717, 1.165) is 16.3 Å². The Morgan fingerprint density at radius 3 is 1.71 bits per heavy atom. The zero-order valence-corrected chi connectivity index (χ0v) is 51.2. The average Bonchev–Trinajstić information content (AvgIpc) is 3.19. The van der Waals surface area contributed by atoms with Crippen molar-refractivity contribution in [2.75, 3.05) is 92.5 Å². The zero-order valence-electron chi connectivity index (χ0n) is 51.2. The highest BCUT2D eigenvalue weighted by Gasteiger charge is 2.47. The number of amides is 4. The Labute approximate surface area is 513 Å². The number of rotatable bonds is 22. The summed E-state index contributed by atoms with van der Waals surface area (Å²) in [5.41, 5.74) is -4.08. The van der Waals surface area contributed by atoms with Crippen molar-refractivity contribution >= 4 is 45.8 Å². The quantitative estimate of drug-likeness (QED) is 0.0409. The summed E-state index contributed by atoms with van der Waals surface area (Å²) in [4.78, 5) is 69.1. The fourth-order valence-electron chi connectivity index (χ4n) is 11.3. The molecular weight excluding hydrogens is 1170 g/mol. The van der Waals surface area contributed by atoms with Crippen LogP contribution in [0.5, 0.6) is 5.75 Å². The van der Waals surface area contributed by atoms with Gasteiger partial charge in [-0.25, -0.2) is 31.1 Å². The number of piperazine rings is 2. The van der Waals surface area contributed by atoms with E-state index in [-0.39, 0.29) is 58.1 Å². The molecule has 7 heterocycles. The number of ether oxygens (including phenoxy) is 2. The molecular formula is C64H81F6N9O10. The lowest BCUT2D eigenvalue weighted by atomic mass is 9.90. The molecule has 484 valence electrons. The largest absolute Gasteiger partial charge is 0.490 e. The number of pyridine rings is 2. The lowest BCUT2D eigenvalue weighted by Crippen LogP contribution is -2.66. The molecule has 0 radical (unpaired) electrons. The number of hydrogen-bond donors (Lipinski definition) is 5. The van der Waals surface area contributed by atoms with Crippen molar-refractivity contribution in [3.63, 3.8) is 0 Å². The summed E-state index contributed by atoms with van der Waals surface area (Å²) in [6.45, 7) is 5.35. The van der Waals surface area contributed by atoms with E-state index in [9.17, 15) is 55.7 Å². The summed E-state index contributed by atoms with van der Waals surface area (Å²) < 4.78 is 106. The van der Waals surface area contributed by atoms with Crippen LogP contribution in [0.3, 0.4) is 0 Å². The number of β-amino-alcohol motifs (C(OH)–C–C–N with tert-alkyl or cyclic N) is 1. The van der Waals surface area contributed by atoms with Crippen LogP contribution in [0.4, 0.5) is 31.1 Å². The van der Waals surface area contributed by atoms with E-state index in [2.05, 4.69) is 25.9 Å². The van der Waals surface area contributed by atoms with Gasteiger partial charge in [-0.05, 0) is 97.2 Å². The SMILES string of the molecule is CC(C)(C)OC(=O)N1CCN(C(C)(C)c2cc3cnccc3o2)C[C@H]1C(=O)NC(CF)(CF)CF.CC(C)(c1cc2cnccc2o1)N1CCN(C[C@@H](O)C[C@@H](Cc2ccccc2)C(=O)N[C@H]2c3ccccc3OC[C@H]2O)[C@H](C(=O)NC(CF)(CF)CF)C1. The first-order chi connectivity index (χ1) is 42.3. The third-order valence-electron chi connectivity index (χ3n) is 16.9. The molecule has 19 nitrogen and oxygen atoms in total. The predicted octanol–water partition coefficient (Wildman–Crippen LogP) is 7.78. The predicted molar refractivity (Wildman–Crippen MR) is 320 cm³/mol. The van der Waals surface area contributed by atoms with Crippen LogP contribution in [0.1, 0.15) is 83.6 Å². The van der Waals surface area contributed by atoms with Crippen LogP contribution in [-0.2, 0) is 36.6 Å². The molecule has 5 N–H and O–H groups in total. The number of nitrogens with zero attached hydrogens (tertiary/aromatic N) is 6. The topological polar surface area (TPSA) is 228 Å². The van der Waals surface area contributed by atoms with E-state index in [4.69, 9.17) is 18.3 Å². The Balaban J connectivity index is 0.000000253. The van der Waals surface area contributed by atoms with Gasteiger partial charge in [0.05, 0.1) is 23.2 Å². The van der Waals surface area contributed by atoms with Crippen molar-refractivity contribution in [2.24, 2.45) is 5.92 Å². The number of benzene rings is 2. The second kappa shape index (κ2) is 28.7. The van der Waals surface area contributed by atoms with Gasteiger partial charge < -0.3 is 44.5 Å². The lowest BCUT2D eigenvalue weighted by Gasteiger charge is -2.47. The van der Waals surface area contributed by atoms with Crippen LogP contribution >= 0.6 is 0 Å². The van der Waals surface area contributed by atoms with E-state index in [1.54, 1.807) is 80.8 Å². The maximum atomic E-state index is 14.0. The number of para-hydroxylation sites is 1. The molecule has 0 spiro atoms. The molecule has 2 aromatic carbocycles. The van der Waals surface area contributed by atoms with Gasteiger partial charge in [0.15, 0.2) is 0 Å². The minimum absolute atomic E-state index is 0.00185. The lowest BCUT2D eigenvalue weighted by molar-refractivity contribution is -0.135. The molecule has 0 aliphatic carbocycles. The minimum atomic E-state index is -2.32. The van der Waals surface area contributed by atoms with E-state index in [1.165, 1.54) is 4.90 Å². The Morgan fingerprint density at radius 1 is 0.674 bits per heavy atom. The second-order valence-corrected chi connectivity index (χ2v) is 25.3. The Kier molecular flexibility index (Phi) is 21.8. The highest BCUT2D eigenvalue weighted by atomic mass is 19.2. The number of hydrogen-bond acceptors (Lipinski definition) is 15. The number of halogens is 6. The summed E-state index contributed by atoms with van der Waals surface area (Å²) in [6.07, 6.45) is 4.05. The summed E-state index contributed by atoms with van der Waals surface area (Å²) in [5.74, 6) is -0.953. The van der Waals surface area contributed by atoms with E-state index >= 15 is 0 Å². The van der Waals surface area contributed by atoms with E-state index in [1.807, 2.05) is 86.0 Å². The van der Waals surface area contributed by atoms with Crippen LogP contribution in [-0.4, -0.2) is 197 Å². The second-order valence-electron chi connectivity index (χ2n) is 25.3. The smallest absolute Gasteiger partial charge is 0.411 e. The van der Waals surface area contributed by atoms with E-state index < -0.39 is 122 Å². The van der Waals surface area contributed by atoms with Crippen molar-refractivity contribution in [3.8, 4) is 5.75 Å². The van der Waals surface area contributed by atoms with Gasteiger partial charge in [-0.15, -0.1) is 0 Å². The van der Waals surface area contributed by atoms with Crippen LogP contribution in [0.15, 0.2) is 112 Å². The van der Waals surface area contributed by atoms with Crippen molar-refractivity contribution in [2.45, 2.75) is 119 Å². The number of furan rings is 2. The standard InChI is InChI=1S/C40H48F3N5O6.C24H33F3N4O4/c1-39(2,35-18-28-19-44-13-12-33(28)54-35)48-15-14-47(31(21-48)38(52)46-40(23-41,24-42)25-43)20-29(49)17-27(16-26-8-4-3-5-9-26)37(51)45-36-30-10-6-7-11-34(30)53-22-32(36)50;1-22(2,3)35-21(33)31-9-8-30(12-17(31)20(32)29-24(13-25,14-26)15-27)23(4,5)19-10-16-11-28-7-6-18(16)34-19/h3-13,18-19,27,29,31-32,36,49-50H,14-17,20-25H2,1-2H3,(H,45,51)(H,46,52);6-7,10-11,17H,8-9,12-15H2,1-5H3,(H,29,32)/t27-,29+,31+,32-,36+;17-/m10/s1. The molecule has 4 amide bonds. The van der Waals surface area contributed by atoms with Gasteiger partial charge in [0.1, 0.15) is 110 Å². The number of aliphatic hydroxyl groups is 2. The molecule has 2 fully saturated rings. The first-order valence-corrected chi connectivity index (χ1v) is 29.7. The summed E-state index contributed by atoms with van der Waals surface area (Å²) in [7, 11) is 0. The minimum Gasteiger partial charge on any atom is -0.490 e. The molecule has 2 saturated heterocycles. The maximum absolute atomic E-state index is 14.0. The summed E-state index contributed by atoms with van der Waals surface area (Å²) in [6, 6.07) is 20.8. The first-order valence-electron chi connectivity index (χ1n) is 29.7. The van der Waals surface area contributed by atoms with Crippen LogP contribution in [0.25, 0.3) is 21.9 Å². The number of alkyl halides is 6. The molecule has 3 aliphatic rings. The van der Waals surface area contributed by atoms with Crippen molar-refractivity contribution < 1.29 is 74.0 Å². The first kappa shape index (κ1) is 67.6. The molecule has 0 bridgehead atoms. The summed E-state index contributed by atoms with van der Waals surface area (Å²) >= 11 is 0. The van der Waals surface area contributed by atoms with Crippen LogP contribution in [0.2, 0.25) is 0 Å². The van der Waals surface area contributed by atoms with Crippen LogP contribution < -0.4 is 20.7 Å². The monoisotopic (exact) mass is 1250 g/mol. The molecule has 4 aromatic heterocycles. The van der Waals surface area contributed by atoms with Crippen LogP contribution in [0, 0.1) is 5.92 Å². The Bertz CT molecular complexity index is 3260. The Hall–Kier alpha value is -7.32. The molecule has 89 heavy (non-hydrogen) atoms. The van der Waals surface area contributed by atoms with Gasteiger partial charge in [-0.3, -0.25) is 44.0 Å². The van der Waals surface area contributed by atoms with Gasteiger partial charge in [0.25, 0.3) is 0 Å². The number of fused-ring (bicyclic) bond motifs is 3. The molecule has 6 atom stereocenters. The molecule has 25 heteroatoms. The van der Waals surface area contributed by atoms with Crippen molar-refractivity contribution in [1.82, 2.24) is 45.5 Å². The van der Waals surface area contributed by atoms with Gasteiger partial charge in [-0.1, -0.05) is 48.5 Å². The maximum Gasteiger partial charge on any atom is 0.411 e. The molecule has 0 unspecified atom stereocenters. The van der Waals surface area contributed by atoms with Crippen molar-refractivity contribution in [3.05, 3.63) is 126 Å². The fraction of sp³-hybridized carbons (Fsp3) is 0.531. The van der Waals surface area contributed by atoms with Gasteiger partial charge in [0, 0.05) is 92.9 Å². The number of aromatic nitrogens is 2. The highest BCUT2D eigenvalue weighted by Crippen LogP contribution is 2.37. The third kappa shape index (κ3) is 15.8. The average molecular weight is 1250 g/mol. The van der Waals surface area contributed by atoms with Gasteiger partial charge in [0.2, 0.25) is 17.7 Å². The number of nitrogens with one attached hydrogen (secondary N) is 3. The fourth-order valence-corrected chi connectivity index (χ4v) is 11.3. The normalized spacial score (nSPS) is 19.7. The van der Waals surface area contributed by atoms with Gasteiger partial charge >= 0.3 is 6.09 Å². The van der Waals surface area contributed by atoms with E-state index in [0.29, 0.717) is 47.1 Å².